The molecule has 0 fully saturated rings. The van der Waals surface area contributed by atoms with E-state index in [4.69, 9.17) is 4.74 Å². The van der Waals surface area contributed by atoms with Gasteiger partial charge < -0.3 is 15.0 Å². The van der Waals surface area contributed by atoms with Gasteiger partial charge in [0.05, 0.1) is 7.11 Å². The molecular formula is C24H23N3O2. The summed E-state index contributed by atoms with van der Waals surface area (Å²) in [7, 11) is 1.65. The number of para-hydroxylation sites is 1. The molecule has 0 bridgehead atoms. The van der Waals surface area contributed by atoms with Gasteiger partial charge in [-0.25, -0.2) is 0 Å². The molecule has 0 spiro atoms. The van der Waals surface area contributed by atoms with Crippen LogP contribution in [0.25, 0.3) is 10.9 Å². The Morgan fingerprint density at radius 3 is 2.59 bits per heavy atom. The van der Waals surface area contributed by atoms with E-state index in [2.05, 4.69) is 21.4 Å². The summed E-state index contributed by atoms with van der Waals surface area (Å²) in [5.41, 5.74) is 4.29. The molecule has 2 aromatic carbocycles. The number of hydrogen-bond donors (Lipinski definition) is 2. The average Bonchev–Trinajstić information content (AvgIpc) is 3.21. The van der Waals surface area contributed by atoms with Crippen molar-refractivity contribution >= 4 is 16.8 Å². The molecule has 2 N–H and O–H groups in total. The highest BCUT2D eigenvalue weighted by Crippen LogP contribution is 2.34. The van der Waals surface area contributed by atoms with Crippen LogP contribution in [0, 0.1) is 0 Å². The summed E-state index contributed by atoms with van der Waals surface area (Å²) in [5.74, 6) is 0.746. The van der Waals surface area contributed by atoms with Crippen LogP contribution in [-0.2, 0) is 11.3 Å². The second-order valence-corrected chi connectivity index (χ2v) is 6.95. The number of carbonyl (C=O) groups is 1. The van der Waals surface area contributed by atoms with Crippen LogP contribution in [0.2, 0.25) is 0 Å². The van der Waals surface area contributed by atoms with Crippen molar-refractivity contribution in [3.63, 3.8) is 0 Å². The van der Waals surface area contributed by atoms with Crippen molar-refractivity contribution in [1.82, 2.24) is 15.3 Å². The van der Waals surface area contributed by atoms with Gasteiger partial charge in [-0.2, -0.15) is 0 Å². The van der Waals surface area contributed by atoms with Gasteiger partial charge in [0, 0.05) is 48.4 Å². The molecule has 4 rings (SSSR count). The SMILES string of the molecule is COc1ccc([C@H](CC(=O)NCc2ccncc2)c2c[nH]c3ccccc23)cc1. The second kappa shape index (κ2) is 8.61. The van der Waals surface area contributed by atoms with Crippen molar-refractivity contribution in [2.45, 2.75) is 18.9 Å². The fourth-order valence-electron chi connectivity index (χ4n) is 3.58. The number of pyridine rings is 1. The molecule has 0 unspecified atom stereocenters. The number of carbonyl (C=O) groups excluding carboxylic acids is 1. The largest absolute Gasteiger partial charge is 0.497 e. The lowest BCUT2D eigenvalue weighted by Gasteiger charge is -2.18. The third-order valence-corrected chi connectivity index (χ3v) is 5.14. The smallest absolute Gasteiger partial charge is 0.221 e. The number of benzene rings is 2. The fourth-order valence-corrected chi connectivity index (χ4v) is 3.58. The standard InChI is InChI=1S/C24H23N3O2/c1-29-19-8-6-18(7-9-19)21(22-16-26-23-5-3-2-4-20(22)23)14-24(28)27-15-17-10-12-25-13-11-17/h2-13,16,21,26H,14-15H2,1H3,(H,27,28)/t21-/m0/s1. The van der Waals surface area contributed by atoms with E-state index in [9.17, 15) is 4.79 Å². The van der Waals surface area contributed by atoms with Gasteiger partial charge in [0.1, 0.15) is 5.75 Å². The van der Waals surface area contributed by atoms with Gasteiger partial charge in [0.25, 0.3) is 0 Å². The number of nitrogens with zero attached hydrogens (tertiary/aromatic N) is 1. The fraction of sp³-hybridized carbons (Fsp3) is 0.167. The second-order valence-electron chi connectivity index (χ2n) is 6.95. The molecule has 29 heavy (non-hydrogen) atoms. The van der Waals surface area contributed by atoms with E-state index >= 15 is 0 Å². The Balaban J connectivity index is 1.60. The van der Waals surface area contributed by atoms with Crippen molar-refractivity contribution in [1.29, 1.82) is 0 Å². The number of fused-ring (bicyclic) bond motifs is 1. The molecule has 4 aromatic rings. The zero-order valence-corrected chi connectivity index (χ0v) is 16.3. The van der Waals surface area contributed by atoms with Crippen LogP contribution in [0.5, 0.6) is 5.75 Å². The topological polar surface area (TPSA) is 67.0 Å². The molecule has 0 saturated heterocycles. The normalized spacial score (nSPS) is 11.9. The molecule has 5 heteroatoms. The Bertz CT molecular complexity index is 1090. The van der Waals surface area contributed by atoms with E-state index in [-0.39, 0.29) is 11.8 Å². The lowest BCUT2D eigenvalue weighted by Crippen LogP contribution is -2.25. The van der Waals surface area contributed by atoms with Crippen molar-refractivity contribution in [2.24, 2.45) is 0 Å². The minimum Gasteiger partial charge on any atom is -0.497 e. The molecule has 0 radical (unpaired) electrons. The number of rotatable bonds is 7. The van der Waals surface area contributed by atoms with E-state index in [1.165, 1.54) is 0 Å². The average molecular weight is 385 g/mol. The molecule has 146 valence electrons. The molecule has 2 heterocycles. The number of nitrogens with one attached hydrogen (secondary N) is 2. The molecule has 1 amide bonds. The van der Waals surface area contributed by atoms with Gasteiger partial charge in [-0.15, -0.1) is 0 Å². The van der Waals surface area contributed by atoms with Gasteiger partial charge in [-0.05, 0) is 47.0 Å². The zero-order valence-electron chi connectivity index (χ0n) is 16.3. The number of aromatic amines is 1. The first-order valence-electron chi connectivity index (χ1n) is 9.60. The molecule has 0 aliphatic carbocycles. The summed E-state index contributed by atoms with van der Waals surface area (Å²) in [6, 6.07) is 19.9. The van der Waals surface area contributed by atoms with Gasteiger partial charge in [-0.1, -0.05) is 30.3 Å². The first kappa shape index (κ1) is 18.7. The molecule has 0 aliphatic heterocycles. The number of aromatic nitrogens is 2. The number of methoxy groups -OCH3 is 1. The van der Waals surface area contributed by atoms with Gasteiger partial charge in [0.2, 0.25) is 5.91 Å². The molecule has 0 saturated carbocycles. The van der Waals surface area contributed by atoms with Crippen LogP contribution >= 0.6 is 0 Å². The number of amides is 1. The van der Waals surface area contributed by atoms with Crippen LogP contribution in [0.1, 0.15) is 29.0 Å². The van der Waals surface area contributed by atoms with Crippen LogP contribution in [0.3, 0.4) is 0 Å². The highest BCUT2D eigenvalue weighted by molar-refractivity contribution is 5.86. The summed E-state index contributed by atoms with van der Waals surface area (Å²) in [5, 5.41) is 4.16. The van der Waals surface area contributed by atoms with Crippen molar-refractivity contribution in [2.75, 3.05) is 7.11 Å². The predicted octanol–water partition coefficient (Wildman–Crippen LogP) is 4.41. The Labute approximate surface area is 169 Å². The van der Waals surface area contributed by atoms with Crippen LogP contribution in [0.4, 0.5) is 0 Å². The Hall–Kier alpha value is -3.60. The molecular weight excluding hydrogens is 362 g/mol. The summed E-state index contributed by atoms with van der Waals surface area (Å²) < 4.78 is 5.29. The van der Waals surface area contributed by atoms with Crippen molar-refractivity contribution in [3.8, 4) is 5.75 Å². The Morgan fingerprint density at radius 2 is 1.83 bits per heavy atom. The van der Waals surface area contributed by atoms with E-state index in [1.54, 1.807) is 19.5 Å². The quantitative estimate of drug-likeness (QED) is 0.495. The summed E-state index contributed by atoms with van der Waals surface area (Å²) in [6.07, 6.45) is 5.83. The third-order valence-electron chi connectivity index (χ3n) is 5.14. The highest BCUT2D eigenvalue weighted by atomic mass is 16.5. The van der Waals surface area contributed by atoms with Gasteiger partial charge >= 0.3 is 0 Å². The lowest BCUT2D eigenvalue weighted by molar-refractivity contribution is -0.121. The number of ether oxygens (including phenoxy) is 1. The van der Waals surface area contributed by atoms with E-state index in [0.717, 1.165) is 33.3 Å². The number of hydrogen-bond acceptors (Lipinski definition) is 3. The Kier molecular flexibility index (Phi) is 5.56. The third kappa shape index (κ3) is 4.29. The molecule has 0 aliphatic rings. The first-order valence-corrected chi connectivity index (χ1v) is 9.60. The minimum absolute atomic E-state index is 0.00733. The maximum Gasteiger partial charge on any atom is 0.221 e. The van der Waals surface area contributed by atoms with Crippen LogP contribution in [0.15, 0.2) is 79.3 Å². The minimum atomic E-state index is -0.0607. The van der Waals surface area contributed by atoms with Crippen molar-refractivity contribution in [3.05, 3.63) is 95.9 Å². The van der Waals surface area contributed by atoms with E-state index < -0.39 is 0 Å². The van der Waals surface area contributed by atoms with Crippen molar-refractivity contribution < 1.29 is 9.53 Å². The van der Waals surface area contributed by atoms with Gasteiger partial charge in [-0.3, -0.25) is 9.78 Å². The molecule has 1 atom stereocenters. The summed E-state index contributed by atoms with van der Waals surface area (Å²) >= 11 is 0. The summed E-state index contributed by atoms with van der Waals surface area (Å²) in [6.45, 7) is 0.491. The first-order chi connectivity index (χ1) is 14.2. The highest BCUT2D eigenvalue weighted by Gasteiger charge is 2.21. The van der Waals surface area contributed by atoms with Crippen LogP contribution < -0.4 is 10.1 Å². The van der Waals surface area contributed by atoms with Gasteiger partial charge in [0.15, 0.2) is 0 Å². The van der Waals surface area contributed by atoms with Crippen LogP contribution in [-0.4, -0.2) is 23.0 Å². The maximum absolute atomic E-state index is 12.8. The monoisotopic (exact) mass is 385 g/mol. The molecule has 5 nitrogen and oxygen atoms in total. The van der Waals surface area contributed by atoms with E-state index in [0.29, 0.717) is 13.0 Å². The number of H-pyrrole nitrogens is 1. The lowest BCUT2D eigenvalue weighted by atomic mass is 9.88. The zero-order chi connectivity index (χ0) is 20.1. The Morgan fingerprint density at radius 1 is 1.07 bits per heavy atom. The molecule has 2 aromatic heterocycles. The maximum atomic E-state index is 12.8. The van der Waals surface area contributed by atoms with E-state index in [1.807, 2.05) is 60.8 Å². The predicted molar refractivity (Wildman–Crippen MR) is 114 cm³/mol. The summed E-state index contributed by atoms with van der Waals surface area (Å²) in [4.78, 5) is 20.1.